The van der Waals surface area contributed by atoms with Gasteiger partial charge in [-0.05, 0) is 34.4 Å². The molecule has 0 saturated heterocycles. The van der Waals surface area contributed by atoms with E-state index in [1.807, 2.05) is 83.8 Å². The van der Waals surface area contributed by atoms with E-state index in [1.165, 1.54) is 0 Å². The van der Waals surface area contributed by atoms with Crippen LogP contribution < -0.4 is 0 Å². The van der Waals surface area contributed by atoms with Gasteiger partial charge in [-0.1, -0.05) is 125 Å². The standard InChI is InChI=1S/C33H30BrClN2O/c1-2-23-37(24-22-36)31(32(35)26-18-20-30(34)21-19-26)25-38-33(27-12-6-3-7-13-27,28-14-8-4-9-15-28)29-16-10-5-11-17-29/h2-21,31-32H,1,23-25H2/t31-,32-/m0/s1. The van der Waals surface area contributed by atoms with E-state index >= 15 is 0 Å². The van der Waals surface area contributed by atoms with Crippen LogP contribution in [0.15, 0.2) is 132 Å². The second-order valence-electron chi connectivity index (χ2n) is 8.99. The van der Waals surface area contributed by atoms with E-state index in [2.05, 4.69) is 65.0 Å². The second kappa shape index (κ2) is 13.6. The highest BCUT2D eigenvalue weighted by molar-refractivity contribution is 9.10. The number of hydrogen-bond acceptors (Lipinski definition) is 3. The van der Waals surface area contributed by atoms with Gasteiger partial charge < -0.3 is 4.74 Å². The lowest BCUT2D eigenvalue weighted by molar-refractivity contribution is -0.0206. The van der Waals surface area contributed by atoms with Gasteiger partial charge in [0.05, 0.1) is 30.6 Å². The molecule has 192 valence electrons. The van der Waals surface area contributed by atoms with Crippen molar-refractivity contribution in [2.45, 2.75) is 17.0 Å². The molecule has 0 unspecified atom stereocenters. The summed E-state index contributed by atoms with van der Waals surface area (Å²) in [5, 5.41) is 9.23. The zero-order valence-corrected chi connectivity index (χ0v) is 23.4. The van der Waals surface area contributed by atoms with Gasteiger partial charge >= 0.3 is 0 Å². The summed E-state index contributed by atoms with van der Waals surface area (Å²) in [5.41, 5.74) is 3.12. The van der Waals surface area contributed by atoms with Crippen LogP contribution in [0.1, 0.15) is 27.6 Å². The van der Waals surface area contributed by atoms with Crippen LogP contribution in [0.4, 0.5) is 0 Å². The van der Waals surface area contributed by atoms with Crippen LogP contribution in [0.25, 0.3) is 0 Å². The fourth-order valence-electron chi connectivity index (χ4n) is 4.80. The number of hydrogen-bond donors (Lipinski definition) is 0. The highest BCUT2D eigenvalue weighted by atomic mass is 79.9. The number of halogens is 2. The van der Waals surface area contributed by atoms with E-state index < -0.39 is 11.0 Å². The molecule has 5 heteroatoms. The Morgan fingerprint density at radius 3 is 1.74 bits per heavy atom. The topological polar surface area (TPSA) is 36.3 Å². The van der Waals surface area contributed by atoms with Gasteiger partial charge in [0.2, 0.25) is 0 Å². The van der Waals surface area contributed by atoms with Crippen LogP contribution in [0, 0.1) is 11.3 Å². The lowest BCUT2D eigenvalue weighted by Crippen LogP contribution is -2.45. The third-order valence-corrected chi connectivity index (χ3v) is 7.72. The second-order valence-corrected chi connectivity index (χ2v) is 10.4. The molecule has 0 aliphatic heterocycles. The summed E-state index contributed by atoms with van der Waals surface area (Å²) < 4.78 is 8.09. The van der Waals surface area contributed by atoms with Gasteiger partial charge in [0, 0.05) is 11.0 Å². The summed E-state index contributed by atoms with van der Waals surface area (Å²) >= 11 is 10.7. The first kappa shape index (κ1) is 27.8. The van der Waals surface area contributed by atoms with Crippen LogP contribution in [0.5, 0.6) is 0 Å². The molecule has 4 aromatic rings. The number of benzene rings is 4. The minimum atomic E-state index is -0.884. The van der Waals surface area contributed by atoms with E-state index in [0.717, 1.165) is 26.7 Å². The minimum absolute atomic E-state index is 0.203. The summed E-state index contributed by atoms with van der Waals surface area (Å²) in [4.78, 5) is 2.03. The number of nitriles is 1. The van der Waals surface area contributed by atoms with Crippen molar-refractivity contribution < 1.29 is 4.74 Å². The van der Waals surface area contributed by atoms with Crippen molar-refractivity contribution in [2.24, 2.45) is 0 Å². The van der Waals surface area contributed by atoms with Gasteiger partial charge in [-0.25, -0.2) is 0 Å². The Labute approximate surface area is 239 Å². The van der Waals surface area contributed by atoms with E-state index in [4.69, 9.17) is 16.3 Å². The smallest absolute Gasteiger partial charge is 0.143 e. The van der Waals surface area contributed by atoms with E-state index in [1.54, 1.807) is 6.08 Å². The van der Waals surface area contributed by atoms with Crippen molar-refractivity contribution in [1.82, 2.24) is 4.90 Å². The van der Waals surface area contributed by atoms with Crippen molar-refractivity contribution in [3.05, 3.63) is 155 Å². The minimum Gasteiger partial charge on any atom is -0.359 e. The Balaban J connectivity index is 1.83. The first-order valence-corrected chi connectivity index (χ1v) is 13.7. The molecule has 3 nitrogen and oxygen atoms in total. The van der Waals surface area contributed by atoms with Crippen LogP contribution in [0.2, 0.25) is 0 Å². The van der Waals surface area contributed by atoms with Crippen molar-refractivity contribution in [3.8, 4) is 6.07 Å². The van der Waals surface area contributed by atoms with Crippen LogP contribution >= 0.6 is 27.5 Å². The maximum absolute atomic E-state index is 9.65. The number of ether oxygens (including phenoxy) is 1. The highest BCUT2D eigenvalue weighted by Crippen LogP contribution is 2.41. The molecule has 0 aliphatic rings. The summed E-state index contributed by atoms with van der Waals surface area (Å²) in [6.07, 6.45) is 1.80. The Morgan fingerprint density at radius 1 is 0.842 bits per heavy atom. The van der Waals surface area contributed by atoms with E-state index in [-0.39, 0.29) is 19.2 Å². The number of alkyl halides is 1. The monoisotopic (exact) mass is 584 g/mol. The molecule has 4 aromatic carbocycles. The molecule has 0 heterocycles. The predicted molar refractivity (Wildman–Crippen MR) is 159 cm³/mol. The molecule has 0 N–H and O–H groups in total. The zero-order valence-electron chi connectivity index (χ0n) is 21.1. The summed E-state index contributed by atoms with van der Waals surface area (Å²) in [5.74, 6) is 0. The van der Waals surface area contributed by atoms with Gasteiger partial charge in [0.15, 0.2) is 0 Å². The normalized spacial score (nSPS) is 13.0. The average molecular weight is 586 g/mol. The molecular weight excluding hydrogens is 556 g/mol. The maximum atomic E-state index is 9.65. The molecule has 0 aromatic heterocycles. The molecule has 0 radical (unpaired) electrons. The molecule has 2 atom stereocenters. The van der Waals surface area contributed by atoms with Crippen LogP contribution in [-0.2, 0) is 10.3 Å². The van der Waals surface area contributed by atoms with Crippen LogP contribution in [0.3, 0.4) is 0 Å². The first-order valence-electron chi connectivity index (χ1n) is 12.5. The average Bonchev–Trinajstić information content (AvgIpc) is 2.97. The van der Waals surface area contributed by atoms with Crippen molar-refractivity contribution in [1.29, 1.82) is 5.26 Å². The molecule has 38 heavy (non-hydrogen) atoms. The van der Waals surface area contributed by atoms with E-state index in [9.17, 15) is 5.26 Å². The van der Waals surface area contributed by atoms with Crippen molar-refractivity contribution in [3.63, 3.8) is 0 Å². The summed E-state index contributed by atoms with van der Waals surface area (Å²) in [7, 11) is 0. The lowest BCUT2D eigenvalue weighted by atomic mass is 9.80. The molecular formula is C33H30BrClN2O. The van der Waals surface area contributed by atoms with Gasteiger partial charge in [0.1, 0.15) is 5.60 Å². The van der Waals surface area contributed by atoms with E-state index in [0.29, 0.717) is 6.54 Å². The van der Waals surface area contributed by atoms with Gasteiger partial charge in [-0.15, -0.1) is 18.2 Å². The fraction of sp³-hybridized carbons (Fsp3) is 0.182. The summed E-state index contributed by atoms with van der Waals surface area (Å²) in [6, 6.07) is 40.7. The third kappa shape index (κ3) is 6.26. The van der Waals surface area contributed by atoms with Crippen molar-refractivity contribution >= 4 is 27.5 Å². The molecule has 0 spiro atoms. The third-order valence-electron chi connectivity index (χ3n) is 6.64. The highest BCUT2D eigenvalue weighted by Gasteiger charge is 2.39. The Kier molecular flexibility index (Phi) is 9.92. The number of rotatable bonds is 12. The zero-order chi connectivity index (χ0) is 26.8. The SMILES string of the molecule is C=CCN(CC#N)[C@@H](COC(c1ccccc1)(c1ccccc1)c1ccccc1)[C@@H](Cl)c1ccc(Br)cc1. The Morgan fingerprint density at radius 2 is 1.32 bits per heavy atom. The molecule has 4 rings (SSSR count). The molecule has 0 bridgehead atoms. The Hall–Kier alpha value is -3.20. The maximum Gasteiger partial charge on any atom is 0.143 e. The predicted octanol–water partition coefficient (Wildman–Crippen LogP) is 8.12. The lowest BCUT2D eigenvalue weighted by Gasteiger charge is -2.40. The molecule has 0 amide bonds. The number of nitrogens with zero attached hydrogens (tertiary/aromatic N) is 2. The summed E-state index contributed by atoms with van der Waals surface area (Å²) in [6.45, 7) is 4.91. The molecule has 0 fully saturated rings. The van der Waals surface area contributed by atoms with Gasteiger partial charge in [-0.2, -0.15) is 5.26 Å². The van der Waals surface area contributed by atoms with Gasteiger partial charge in [0.25, 0.3) is 0 Å². The fourth-order valence-corrected chi connectivity index (χ4v) is 5.44. The Bertz CT molecular complexity index is 1230. The van der Waals surface area contributed by atoms with Gasteiger partial charge in [-0.3, -0.25) is 4.90 Å². The quantitative estimate of drug-likeness (QED) is 0.0729. The van der Waals surface area contributed by atoms with Crippen LogP contribution in [-0.4, -0.2) is 30.6 Å². The largest absolute Gasteiger partial charge is 0.359 e. The van der Waals surface area contributed by atoms with Crippen molar-refractivity contribution in [2.75, 3.05) is 19.7 Å². The molecule has 0 aliphatic carbocycles. The molecule has 0 saturated carbocycles. The first-order chi connectivity index (χ1) is 18.6.